The summed E-state index contributed by atoms with van der Waals surface area (Å²) in [6.45, 7) is 3.03. The molecule has 17 heavy (non-hydrogen) atoms. The standard InChI is InChI=1S/C12H19ClN4/c1-17(8-10-4-2-3-7-14-10)9-11-5-6-12(13)16-15-11/h5-6,10,14H,2-4,7-9H2,1H3/t10-/m0/s1. The fourth-order valence-electron chi connectivity index (χ4n) is 2.23. The van der Waals surface area contributed by atoms with Gasteiger partial charge < -0.3 is 5.32 Å². The van der Waals surface area contributed by atoms with Crippen LogP contribution < -0.4 is 5.32 Å². The molecule has 4 nitrogen and oxygen atoms in total. The summed E-state index contributed by atoms with van der Waals surface area (Å²) in [4.78, 5) is 2.28. The van der Waals surface area contributed by atoms with E-state index in [-0.39, 0.29) is 0 Å². The van der Waals surface area contributed by atoms with Gasteiger partial charge in [-0.05, 0) is 38.6 Å². The van der Waals surface area contributed by atoms with E-state index in [9.17, 15) is 0 Å². The van der Waals surface area contributed by atoms with Gasteiger partial charge in [-0.3, -0.25) is 4.90 Å². The van der Waals surface area contributed by atoms with Crippen molar-refractivity contribution in [3.63, 3.8) is 0 Å². The molecule has 2 heterocycles. The highest BCUT2D eigenvalue weighted by atomic mass is 35.5. The molecule has 1 fully saturated rings. The maximum absolute atomic E-state index is 5.71. The molecule has 0 aliphatic carbocycles. The molecule has 1 aromatic rings. The molecule has 0 spiro atoms. The maximum atomic E-state index is 5.71. The lowest BCUT2D eigenvalue weighted by Crippen LogP contribution is -2.42. The Balaban J connectivity index is 1.79. The number of hydrogen-bond acceptors (Lipinski definition) is 4. The second-order valence-corrected chi connectivity index (χ2v) is 5.08. The predicted molar refractivity (Wildman–Crippen MR) is 69.0 cm³/mol. The number of rotatable bonds is 4. The monoisotopic (exact) mass is 254 g/mol. The average Bonchev–Trinajstić information content (AvgIpc) is 2.33. The van der Waals surface area contributed by atoms with Gasteiger partial charge in [0.2, 0.25) is 0 Å². The lowest BCUT2D eigenvalue weighted by Gasteiger charge is -2.27. The van der Waals surface area contributed by atoms with Crippen molar-refractivity contribution in [2.75, 3.05) is 20.1 Å². The van der Waals surface area contributed by atoms with Crippen LogP contribution in [0.5, 0.6) is 0 Å². The van der Waals surface area contributed by atoms with Gasteiger partial charge in [-0.25, -0.2) is 0 Å². The molecule has 0 amide bonds. The van der Waals surface area contributed by atoms with E-state index in [4.69, 9.17) is 11.6 Å². The zero-order valence-electron chi connectivity index (χ0n) is 10.2. The van der Waals surface area contributed by atoms with Crippen LogP contribution in [0, 0.1) is 0 Å². The smallest absolute Gasteiger partial charge is 0.151 e. The molecular formula is C12H19ClN4. The summed E-state index contributed by atoms with van der Waals surface area (Å²) < 4.78 is 0. The molecular weight excluding hydrogens is 236 g/mol. The van der Waals surface area contributed by atoms with Gasteiger partial charge in [-0.15, -0.1) is 5.10 Å². The Bertz CT molecular complexity index is 335. The molecule has 0 radical (unpaired) electrons. The van der Waals surface area contributed by atoms with Crippen LogP contribution in [0.15, 0.2) is 12.1 Å². The summed E-state index contributed by atoms with van der Waals surface area (Å²) >= 11 is 5.71. The summed E-state index contributed by atoms with van der Waals surface area (Å²) in [5.74, 6) is 0. The largest absolute Gasteiger partial charge is 0.313 e. The first-order valence-corrected chi connectivity index (χ1v) is 6.52. The van der Waals surface area contributed by atoms with E-state index in [0.29, 0.717) is 11.2 Å². The minimum atomic E-state index is 0.449. The SMILES string of the molecule is CN(Cc1ccc(Cl)nn1)C[C@@H]1CCCCN1. The molecule has 1 N–H and O–H groups in total. The van der Waals surface area contributed by atoms with Crippen LogP contribution in [0.4, 0.5) is 0 Å². The van der Waals surface area contributed by atoms with E-state index in [1.54, 1.807) is 6.07 Å². The highest BCUT2D eigenvalue weighted by Gasteiger charge is 2.14. The first kappa shape index (κ1) is 12.7. The molecule has 5 heteroatoms. The average molecular weight is 255 g/mol. The fraction of sp³-hybridized carbons (Fsp3) is 0.667. The third-order valence-corrected chi connectivity index (χ3v) is 3.27. The summed E-state index contributed by atoms with van der Waals surface area (Å²) in [6.07, 6.45) is 3.92. The van der Waals surface area contributed by atoms with E-state index in [1.807, 2.05) is 6.07 Å². The van der Waals surface area contributed by atoms with Gasteiger partial charge in [0.15, 0.2) is 5.15 Å². The minimum Gasteiger partial charge on any atom is -0.313 e. The molecule has 2 rings (SSSR count). The van der Waals surface area contributed by atoms with Crippen LogP contribution in [-0.2, 0) is 6.54 Å². The summed E-state index contributed by atoms with van der Waals surface area (Å²) in [7, 11) is 2.12. The van der Waals surface area contributed by atoms with E-state index < -0.39 is 0 Å². The van der Waals surface area contributed by atoms with Gasteiger partial charge in [-0.1, -0.05) is 18.0 Å². The number of nitrogens with zero attached hydrogens (tertiary/aromatic N) is 3. The number of likely N-dealkylation sites (N-methyl/N-ethyl adjacent to an activating group) is 1. The number of halogens is 1. The zero-order valence-corrected chi connectivity index (χ0v) is 11.0. The summed E-state index contributed by atoms with van der Waals surface area (Å²) in [5.41, 5.74) is 0.965. The molecule has 94 valence electrons. The highest BCUT2D eigenvalue weighted by Crippen LogP contribution is 2.09. The second-order valence-electron chi connectivity index (χ2n) is 4.69. The van der Waals surface area contributed by atoms with Crippen molar-refractivity contribution in [1.29, 1.82) is 0 Å². The van der Waals surface area contributed by atoms with Crippen molar-refractivity contribution in [1.82, 2.24) is 20.4 Å². The Morgan fingerprint density at radius 3 is 2.94 bits per heavy atom. The van der Waals surface area contributed by atoms with Crippen molar-refractivity contribution >= 4 is 11.6 Å². The number of piperidine rings is 1. The number of nitrogens with one attached hydrogen (secondary N) is 1. The molecule has 1 atom stereocenters. The predicted octanol–water partition coefficient (Wildman–Crippen LogP) is 1.70. The van der Waals surface area contributed by atoms with Gasteiger partial charge in [0.05, 0.1) is 5.69 Å². The molecule has 1 aromatic heterocycles. The Morgan fingerprint density at radius 1 is 1.41 bits per heavy atom. The van der Waals surface area contributed by atoms with Gasteiger partial charge in [0.25, 0.3) is 0 Å². The lowest BCUT2D eigenvalue weighted by molar-refractivity contribution is 0.254. The van der Waals surface area contributed by atoms with Crippen molar-refractivity contribution in [2.24, 2.45) is 0 Å². The van der Waals surface area contributed by atoms with Gasteiger partial charge in [0, 0.05) is 19.1 Å². The van der Waals surface area contributed by atoms with Crippen molar-refractivity contribution < 1.29 is 0 Å². The van der Waals surface area contributed by atoms with Crippen LogP contribution in [0.1, 0.15) is 25.0 Å². The van der Waals surface area contributed by atoms with Crippen molar-refractivity contribution in [3.8, 4) is 0 Å². The second kappa shape index (κ2) is 6.28. The minimum absolute atomic E-state index is 0.449. The van der Waals surface area contributed by atoms with E-state index >= 15 is 0 Å². The normalized spacial score (nSPS) is 20.8. The molecule has 0 saturated carbocycles. The van der Waals surface area contributed by atoms with Gasteiger partial charge in [-0.2, -0.15) is 5.10 Å². The van der Waals surface area contributed by atoms with Crippen LogP contribution in [0.25, 0.3) is 0 Å². The molecule has 0 unspecified atom stereocenters. The molecule has 1 aliphatic rings. The highest BCUT2D eigenvalue weighted by molar-refractivity contribution is 6.29. The number of hydrogen-bond donors (Lipinski definition) is 1. The van der Waals surface area contributed by atoms with Gasteiger partial charge >= 0.3 is 0 Å². The first-order valence-electron chi connectivity index (χ1n) is 6.14. The summed E-state index contributed by atoms with van der Waals surface area (Å²) in [6, 6.07) is 4.34. The molecule has 0 bridgehead atoms. The van der Waals surface area contributed by atoms with E-state index in [1.165, 1.54) is 19.3 Å². The third-order valence-electron chi connectivity index (χ3n) is 3.06. The molecule has 1 aliphatic heterocycles. The van der Waals surface area contributed by atoms with Crippen LogP contribution in [0.3, 0.4) is 0 Å². The Morgan fingerprint density at radius 2 is 2.29 bits per heavy atom. The topological polar surface area (TPSA) is 41.1 Å². The van der Waals surface area contributed by atoms with Crippen LogP contribution in [0.2, 0.25) is 5.15 Å². The summed E-state index contributed by atoms with van der Waals surface area (Å²) in [5, 5.41) is 11.9. The third kappa shape index (κ3) is 4.22. The Kier molecular flexibility index (Phi) is 4.71. The zero-order chi connectivity index (χ0) is 12.1. The van der Waals surface area contributed by atoms with Crippen LogP contribution in [-0.4, -0.2) is 41.3 Å². The Hall–Kier alpha value is -0.710. The number of aromatic nitrogens is 2. The van der Waals surface area contributed by atoms with Crippen molar-refractivity contribution in [2.45, 2.75) is 31.8 Å². The van der Waals surface area contributed by atoms with Crippen LogP contribution >= 0.6 is 11.6 Å². The van der Waals surface area contributed by atoms with Crippen molar-refractivity contribution in [3.05, 3.63) is 23.0 Å². The Labute approximate surface area is 107 Å². The fourth-order valence-corrected chi connectivity index (χ4v) is 2.33. The van der Waals surface area contributed by atoms with E-state index in [0.717, 1.165) is 25.3 Å². The molecule has 0 aromatic carbocycles. The first-order chi connectivity index (χ1) is 8.24. The quantitative estimate of drug-likeness (QED) is 0.888. The lowest BCUT2D eigenvalue weighted by atomic mass is 10.0. The maximum Gasteiger partial charge on any atom is 0.151 e. The molecule has 1 saturated heterocycles. The van der Waals surface area contributed by atoms with E-state index in [2.05, 4.69) is 27.5 Å². The van der Waals surface area contributed by atoms with Gasteiger partial charge in [0.1, 0.15) is 0 Å².